The van der Waals surface area contributed by atoms with Gasteiger partial charge in [0.2, 0.25) is 5.91 Å². The lowest BCUT2D eigenvalue weighted by Gasteiger charge is -2.10. The number of para-hydroxylation sites is 1. The van der Waals surface area contributed by atoms with Gasteiger partial charge in [0.1, 0.15) is 0 Å². The normalized spacial score (nSPS) is 10.5. The monoisotopic (exact) mass is 369 g/mol. The van der Waals surface area contributed by atoms with Crippen molar-refractivity contribution >= 4 is 23.6 Å². The third-order valence-electron chi connectivity index (χ3n) is 3.59. The zero-order valence-corrected chi connectivity index (χ0v) is 15.7. The fourth-order valence-corrected chi connectivity index (χ4v) is 2.39. The first kappa shape index (κ1) is 20.0. The maximum atomic E-state index is 12.2. The average Bonchev–Trinajstić information content (AvgIpc) is 2.68. The Kier molecular flexibility index (Phi) is 7.43. The molecule has 27 heavy (non-hydrogen) atoms. The van der Waals surface area contributed by atoms with E-state index in [0.717, 1.165) is 5.56 Å². The number of hydrogen-bond acceptors (Lipinski definition) is 5. The number of carbonyl (C=O) groups excluding carboxylic acids is 2. The molecular weight excluding hydrogens is 346 g/mol. The summed E-state index contributed by atoms with van der Waals surface area (Å²) in [5, 5.41) is 2.70. The Labute approximate surface area is 158 Å². The van der Waals surface area contributed by atoms with Crippen molar-refractivity contribution in [3.05, 3.63) is 59.7 Å². The van der Waals surface area contributed by atoms with Gasteiger partial charge < -0.3 is 19.5 Å². The summed E-state index contributed by atoms with van der Waals surface area (Å²) in [6.45, 7) is 4.42. The van der Waals surface area contributed by atoms with E-state index in [1.807, 2.05) is 13.0 Å². The summed E-state index contributed by atoms with van der Waals surface area (Å²) >= 11 is 0. The van der Waals surface area contributed by atoms with E-state index in [2.05, 4.69) is 5.32 Å². The van der Waals surface area contributed by atoms with Crippen LogP contribution in [0.5, 0.6) is 11.5 Å². The molecule has 0 unspecified atom stereocenters. The molecule has 0 spiro atoms. The highest BCUT2D eigenvalue weighted by atomic mass is 16.5. The molecular formula is C21H23NO5. The van der Waals surface area contributed by atoms with Crippen molar-refractivity contribution in [2.75, 3.05) is 25.6 Å². The Bertz CT molecular complexity index is 829. The van der Waals surface area contributed by atoms with Crippen LogP contribution in [0.4, 0.5) is 5.69 Å². The highest BCUT2D eigenvalue weighted by Gasteiger charge is 2.13. The third-order valence-corrected chi connectivity index (χ3v) is 3.59. The van der Waals surface area contributed by atoms with Gasteiger partial charge in [-0.2, -0.15) is 0 Å². The van der Waals surface area contributed by atoms with Crippen molar-refractivity contribution in [2.24, 2.45) is 0 Å². The minimum absolute atomic E-state index is 0.264. The zero-order valence-electron chi connectivity index (χ0n) is 15.7. The van der Waals surface area contributed by atoms with Gasteiger partial charge in [-0.3, -0.25) is 4.79 Å². The molecule has 2 aromatic rings. The molecule has 0 aliphatic heterocycles. The Balaban J connectivity index is 2.11. The van der Waals surface area contributed by atoms with Crippen molar-refractivity contribution in [1.29, 1.82) is 0 Å². The van der Waals surface area contributed by atoms with Gasteiger partial charge in [0, 0.05) is 6.08 Å². The lowest BCUT2D eigenvalue weighted by molar-refractivity contribution is -0.111. The quantitative estimate of drug-likeness (QED) is 0.564. The summed E-state index contributed by atoms with van der Waals surface area (Å²) < 4.78 is 15.8. The van der Waals surface area contributed by atoms with Gasteiger partial charge in [-0.15, -0.1) is 0 Å². The minimum Gasteiger partial charge on any atom is -0.493 e. The maximum Gasteiger partial charge on any atom is 0.340 e. The van der Waals surface area contributed by atoms with Gasteiger partial charge in [0.25, 0.3) is 0 Å². The molecule has 0 fully saturated rings. The van der Waals surface area contributed by atoms with E-state index in [1.54, 1.807) is 56.5 Å². The fraction of sp³-hybridized carbons (Fsp3) is 0.238. The number of methoxy groups -OCH3 is 1. The van der Waals surface area contributed by atoms with Gasteiger partial charge in [-0.25, -0.2) is 4.79 Å². The van der Waals surface area contributed by atoms with E-state index in [4.69, 9.17) is 14.2 Å². The Morgan fingerprint density at radius 3 is 2.52 bits per heavy atom. The van der Waals surface area contributed by atoms with E-state index in [1.165, 1.54) is 6.08 Å². The van der Waals surface area contributed by atoms with Crippen LogP contribution < -0.4 is 14.8 Å². The van der Waals surface area contributed by atoms with Crippen molar-refractivity contribution in [2.45, 2.75) is 13.8 Å². The molecule has 0 saturated heterocycles. The molecule has 0 heterocycles. The lowest BCUT2D eigenvalue weighted by atomic mass is 10.1. The van der Waals surface area contributed by atoms with Crippen LogP contribution in [-0.2, 0) is 9.53 Å². The predicted octanol–water partition coefficient (Wildman–Crippen LogP) is 3.92. The zero-order chi connectivity index (χ0) is 19.6. The second-order valence-corrected chi connectivity index (χ2v) is 5.43. The van der Waals surface area contributed by atoms with Crippen molar-refractivity contribution in [1.82, 2.24) is 0 Å². The van der Waals surface area contributed by atoms with Gasteiger partial charge in [0.05, 0.1) is 31.6 Å². The highest BCUT2D eigenvalue weighted by Crippen LogP contribution is 2.28. The lowest BCUT2D eigenvalue weighted by Crippen LogP contribution is -2.13. The molecule has 2 rings (SSSR count). The summed E-state index contributed by atoms with van der Waals surface area (Å²) in [5.41, 5.74) is 1.49. The summed E-state index contributed by atoms with van der Waals surface area (Å²) in [6.07, 6.45) is 3.04. The molecule has 1 N–H and O–H groups in total. The summed E-state index contributed by atoms with van der Waals surface area (Å²) in [6, 6.07) is 12.1. The smallest absolute Gasteiger partial charge is 0.340 e. The predicted molar refractivity (Wildman–Crippen MR) is 104 cm³/mol. The van der Waals surface area contributed by atoms with E-state index in [9.17, 15) is 9.59 Å². The summed E-state index contributed by atoms with van der Waals surface area (Å²) in [4.78, 5) is 24.2. The molecule has 0 aromatic heterocycles. The van der Waals surface area contributed by atoms with Gasteiger partial charge >= 0.3 is 5.97 Å². The van der Waals surface area contributed by atoms with Gasteiger partial charge in [-0.05, 0) is 49.8 Å². The minimum atomic E-state index is -0.478. The molecule has 0 saturated carbocycles. The van der Waals surface area contributed by atoms with E-state index < -0.39 is 5.97 Å². The number of esters is 1. The first-order valence-electron chi connectivity index (χ1n) is 8.65. The van der Waals surface area contributed by atoms with Crippen molar-refractivity contribution in [3.63, 3.8) is 0 Å². The van der Waals surface area contributed by atoms with E-state index >= 15 is 0 Å². The molecule has 0 radical (unpaired) electrons. The second kappa shape index (κ2) is 10.0. The third kappa shape index (κ3) is 5.60. The van der Waals surface area contributed by atoms with Gasteiger partial charge in [-0.1, -0.05) is 18.2 Å². The van der Waals surface area contributed by atoms with E-state index in [-0.39, 0.29) is 12.5 Å². The Hall–Kier alpha value is -3.28. The standard InChI is InChI=1S/C21H23NO5/c1-4-26-18-12-10-15(14-19(18)25-3)11-13-20(23)22-17-9-7-6-8-16(17)21(24)27-5-2/h6-14H,4-5H2,1-3H3,(H,22,23)/b13-11+. The van der Waals surface area contributed by atoms with Crippen LogP contribution in [0.25, 0.3) is 6.08 Å². The number of carbonyl (C=O) groups is 2. The van der Waals surface area contributed by atoms with Crippen LogP contribution in [0.3, 0.4) is 0 Å². The second-order valence-electron chi connectivity index (χ2n) is 5.43. The van der Waals surface area contributed by atoms with Crippen molar-refractivity contribution in [3.8, 4) is 11.5 Å². The fourth-order valence-electron chi connectivity index (χ4n) is 2.39. The number of nitrogens with one attached hydrogen (secondary N) is 1. The number of benzene rings is 2. The van der Waals surface area contributed by atoms with Crippen LogP contribution in [-0.4, -0.2) is 32.2 Å². The first-order chi connectivity index (χ1) is 13.1. The van der Waals surface area contributed by atoms with Crippen LogP contribution in [0.2, 0.25) is 0 Å². The molecule has 1 amide bonds. The molecule has 0 atom stereocenters. The molecule has 6 heteroatoms. The molecule has 142 valence electrons. The number of anilines is 1. The van der Waals surface area contributed by atoms with Crippen LogP contribution >= 0.6 is 0 Å². The largest absolute Gasteiger partial charge is 0.493 e. The van der Waals surface area contributed by atoms with Crippen LogP contribution in [0, 0.1) is 0 Å². The molecule has 0 aliphatic carbocycles. The Morgan fingerprint density at radius 1 is 1.04 bits per heavy atom. The van der Waals surface area contributed by atoms with Crippen molar-refractivity contribution < 1.29 is 23.8 Å². The summed E-state index contributed by atoms with van der Waals surface area (Å²) in [7, 11) is 1.56. The number of hydrogen-bond donors (Lipinski definition) is 1. The van der Waals surface area contributed by atoms with Crippen LogP contribution in [0.15, 0.2) is 48.5 Å². The van der Waals surface area contributed by atoms with Gasteiger partial charge in [0.15, 0.2) is 11.5 Å². The topological polar surface area (TPSA) is 73.9 Å². The average molecular weight is 369 g/mol. The summed E-state index contributed by atoms with van der Waals surface area (Å²) in [5.74, 6) is 0.394. The Morgan fingerprint density at radius 2 is 1.81 bits per heavy atom. The number of ether oxygens (including phenoxy) is 3. The van der Waals surface area contributed by atoms with E-state index in [0.29, 0.717) is 29.4 Å². The molecule has 6 nitrogen and oxygen atoms in total. The number of rotatable bonds is 8. The maximum absolute atomic E-state index is 12.2. The molecule has 2 aromatic carbocycles. The molecule has 0 aliphatic rings. The van der Waals surface area contributed by atoms with Crippen LogP contribution in [0.1, 0.15) is 29.8 Å². The number of amides is 1. The molecule has 0 bridgehead atoms. The first-order valence-corrected chi connectivity index (χ1v) is 8.65. The SMILES string of the molecule is CCOC(=O)c1ccccc1NC(=O)/C=C/c1ccc(OCC)c(OC)c1. The highest BCUT2D eigenvalue weighted by molar-refractivity contribution is 6.06.